The number of carbonyl (C=O) groups is 1. The van der Waals surface area contributed by atoms with E-state index in [0.29, 0.717) is 6.54 Å². The number of aromatic nitrogens is 2. The Kier molecular flexibility index (Phi) is 4.06. The molecule has 1 atom stereocenters. The quantitative estimate of drug-likeness (QED) is 0.793. The second-order valence-corrected chi connectivity index (χ2v) is 6.59. The van der Waals surface area contributed by atoms with Gasteiger partial charge in [-0.1, -0.05) is 0 Å². The number of amides is 1. The maximum Gasteiger partial charge on any atom is 0.410 e. The van der Waals surface area contributed by atoms with Crippen LogP contribution in [0.4, 0.5) is 4.79 Å². The summed E-state index contributed by atoms with van der Waals surface area (Å²) in [5.41, 5.74) is 1.73. The fraction of sp³-hybridized carbons (Fsp3) is 0.733. The molecule has 1 aliphatic heterocycles. The SMILES string of the molecule is Cc1cc(C)n([C@H]2CCCN(C(=O)OC(C)(C)C)C2)n1. The number of hydrogen-bond acceptors (Lipinski definition) is 3. The number of hydrogen-bond donors (Lipinski definition) is 0. The van der Waals surface area contributed by atoms with Crippen molar-refractivity contribution in [3.63, 3.8) is 0 Å². The van der Waals surface area contributed by atoms with Gasteiger partial charge in [0.15, 0.2) is 0 Å². The Morgan fingerprint density at radius 2 is 2.10 bits per heavy atom. The molecule has 1 aliphatic rings. The summed E-state index contributed by atoms with van der Waals surface area (Å²) in [6.07, 6.45) is 1.83. The van der Waals surface area contributed by atoms with Gasteiger partial charge in [-0.15, -0.1) is 0 Å². The lowest BCUT2D eigenvalue weighted by molar-refractivity contribution is 0.0166. The topological polar surface area (TPSA) is 47.4 Å². The van der Waals surface area contributed by atoms with Gasteiger partial charge in [0.25, 0.3) is 0 Å². The first-order chi connectivity index (χ1) is 9.26. The fourth-order valence-electron chi connectivity index (χ4n) is 2.66. The Morgan fingerprint density at radius 3 is 2.65 bits per heavy atom. The first-order valence-electron chi connectivity index (χ1n) is 7.27. The van der Waals surface area contributed by atoms with Crippen LogP contribution in [0.1, 0.15) is 51.0 Å². The van der Waals surface area contributed by atoms with Crippen LogP contribution in [0, 0.1) is 13.8 Å². The van der Waals surface area contributed by atoms with Gasteiger partial charge >= 0.3 is 6.09 Å². The maximum absolute atomic E-state index is 12.2. The standard InChI is InChI=1S/C15H25N3O2/c1-11-9-12(2)18(16-11)13-7-6-8-17(10-13)14(19)20-15(3,4)5/h9,13H,6-8,10H2,1-5H3/t13-/m0/s1. The Bertz CT molecular complexity index is 488. The first kappa shape index (κ1) is 14.9. The summed E-state index contributed by atoms with van der Waals surface area (Å²) in [6, 6.07) is 2.33. The van der Waals surface area contributed by atoms with Gasteiger partial charge in [0.05, 0.1) is 11.7 Å². The highest BCUT2D eigenvalue weighted by Crippen LogP contribution is 2.24. The normalized spacial score (nSPS) is 20.1. The molecular weight excluding hydrogens is 254 g/mol. The number of rotatable bonds is 1. The first-order valence-corrected chi connectivity index (χ1v) is 7.27. The van der Waals surface area contributed by atoms with Crippen molar-refractivity contribution >= 4 is 6.09 Å². The molecule has 0 spiro atoms. The van der Waals surface area contributed by atoms with Crippen molar-refractivity contribution in [2.75, 3.05) is 13.1 Å². The van der Waals surface area contributed by atoms with Crippen molar-refractivity contribution < 1.29 is 9.53 Å². The predicted molar refractivity (Wildman–Crippen MR) is 77.8 cm³/mol. The van der Waals surface area contributed by atoms with Gasteiger partial charge in [-0.25, -0.2) is 4.79 Å². The zero-order valence-corrected chi connectivity index (χ0v) is 13.1. The highest BCUT2D eigenvalue weighted by molar-refractivity contribution is 5.68. The molecular formula is C15H25N3O2. The number of carbonyl (C=O) groups excluding carboxylic acids is 1. The van der Waals surface area contributed by atoms with Crippen molar-refractivity contribution in [1.29, 1.82) is 0 Å². The van der Waals surface area contributed by atoms with E-state index in [1.54, 1.807) is 4.90 Å². The predicted octanol–water partition coefficient (Wildman–Crippen LogP) is 3.07. The van der Waals surface area contributed by atoms with E-state index in [-0.39, 0.29) is 12.1 Å². The molecule has 1 aromatic rings. The largest absolute Gasteiger partial charge is 0.444 e. The van der Waals surface area contributed by atoms with Gasteiger partial charge in [0, 0.05) is 18.8 Å². The molecule has 0 aromatic carbocycles. The Labute approximate surface area is 120 Å². The molecule has 2 heterocycles. The molecule has 0 unspecified atom stereocenters. The molecule has 1 fully saturated rings. The molecule has 1 aromatic heterocycles. The van der Waals surface area contributed by atoms with Crippen LogP contribution in [0.25, 0.3) is 0 Å². The molecule has 0 saturated carbocycles. The summed E-state index contributed by atoms with van der Waals surface area (Å²) >= 11 is 0. The number of ether oxygens (including phenoxy) is 1. The van der Waals surface area contributed by atoms with Crippen LogP contribution >= 0.6 is 0 Å². The van der Waals surface area contributed by atoms with Crippen molar-refractivity contribution in [2.24, 2.45) is 0 Å². The molecule has 5 heteroatoms. The molecule has 20 heavy (non-hydrogen) atoms. The lowest BCUT2D eigenvalue weighted by Gasteiger charge is -2.34. The lowest BCUT2D eigenvalue weighted by Crippen LogP contribution is -2.43. The van der Waals surface area contributed by atoms with Gasteiger partial charge in [-0.3, -0.25) is 4.68 Å². The zero-order chi connectivity index (χ0) is 14.9. The Morgan fingerprint density at radius 1 is 1.40 bits per heavy atom. The van der Waals surface area contributed by atoms with E-state index >= 15 is 0 Å². The monoisotopic (exact) mass is 279 g/mol. The summed E-state index contributed by atoms with van der Waals surface area (Å²) in [7, 11) is 0. The fourth-order valence-corrected chi connectivity index (χ4v) is 2.66. The molecule has 0 bridgehead atoms. The third-order valence-corrected chi connectivity index (χ3v) is 3.44. The molecule has 1 amide bonds. The maximum atomic E-state index is 12.2. The van der Waals surface area contributed by atoms with Crippen LogP contribution in [-0.4, -0.2) is 39.5 Å². The Balaban J connectivity index is 2.05. The second kappa shape index (κ2) is 5.46. The van der Waals surface area contributed by atoms with Gasteiger partial charge in [-0.2, -0.15) is 5.10 Å². The molecule has 0 N–H and O–H groups in total. The van der Waals surface area contributed by atoms with Crippen LogP contribution in [0.3, 0.4) is 0 Å². The van der Waals surface area contributed by atoms with Crippen LogP contribution in [-0.2, 0) is 4.74 Å². The van der Waals surface area contributed by atoms with Crippen LogP contribution < -0.4 is 0 Å². The van der Waals surface area contributed by atoms with Crippen molar-refractivity contribution in [3.05, 3.63) is 17.5 Å². The van der Waals surface area contributed by atoms with Crippen LogP contribution in [0.2, 0.25) is 0 Å². The van der Waals surface area contributed by atoms with E-state index in [2.05, 4.69) is 18.1 Å². The zero-order valence-electron chi connectivity index (χ0n) is 13.1. The number of likely N-dealkylation sites (tertiary alicyclic amines) is 1. The van der Waals surface area contributed by atoms with E-state index < -0.39 is 5.60 Å². The summed E-state index contributed by atoms with van der Waals surface area (Å²) in [5, 5.41) is 4.54. The average Bonchev–Trinajstić information content (AvgIpc) is 2.66. The lowest BCUT2D eigenvalue weighted by atomic mass is 10.1. The van der Waals surface area contributed by atoms with Gasteiger partial charge in [0.2, 0.25) is 0 Å². The van der Waals surface area contributed by atoms with Crippen molar-refractivity contribution in [1.82, 2.24) is 14.7 Å². The summed E-state index contributed by atoms with van der Waals surface area (Å²) in [6.45, 7) is 11.2. The van der Waals surface area contributed by atoms with Gasteiger partial charge < -0.3 is 9.64 Å². The minimum atomic E-state index is -0.442. The summed E-state index contributed by atoms with van der Waals surface area (Å²) < 4.78 is 7.50. The molecule has 5 nitrogen and oxygen atoms in total. The minimum Gasteiger partial charge on any atom is -0.444 e. The third kappa shape index (κ3) is 3.52. The van der Waals surface area contributed by atoms with E-state index in [4.69, 9.17) is 4.74 Å². The summed E-state index contributed by atoms with van der Waals surface area (Å²) in [4.78, 5) is 14.0. The van der Waals surface area contributed by atoms with Crippen LogP contribution in [0.5, 0.6) is 0 Å². The second-order valence-electron chi connectivity index (χ2n) is 6.59. The molecule has 0 radical (unpaired) electrons. The van der Waals surface area contributed by atoms with Gasteiger partial charge in [0.1, 0.15) is 5.60 Å². The van der Waals surface area contributed by atoms with E-state index in [1.807, 2.05) is 32.4 Å². The van der Waals surface area contributed by atoms with Crippen LogP contribution in [0.15, 0.2) is 6.07 Å². The highest BCUT2D eigenvalue weighted by atomic mass is 16.6. The summed E-state index contributed by atoms with van der Waals surface area (Å²) in [5.74, 6) is 0. The molecule has 112 valence electrons. The Hall–Kier alpha value is -1.52. The van der Waals surface area contributed by atoms with E-state index in [9.17, 15) is 4.79 Å². The average molecular weight is 279 g/mol. The molecule has 0 aliphatic carbocycles. The number of nitrogens with zero attached hydrogens (tertiary/aromatic N) is 3. The molecule has 1 saturated heterocycles. The molecule has 2 rings (SSSR count). The third-order valence-electron chi connectivity index (χ3n) is 3.44. The smallest absolute Gasteiger partial charge is 0.410 e. The van der Waals surface area contributed by atoms with Crippen molar-refractivity contribution in [2.45, 2.75) is 59.1 Å². The van der Waals surface area contributed by atoms with Crippen molar-refractivity contribution in [3.8, 4) is 0 Å². The number of aryl methyl sites for hydroxylation is 2. The number of piperidine rings is 1. The van der Waals surface area contributed by atoms with E-state index in [1.165, 1.54) is 0 Å². The van der Waals surface area contributed by atoms with Gasteiger partial charge in [-0.05, 0) is 53.5 Å². The minimum absolute atomic E-state index is 0.219. The van der Waals surface area contributed by atoms with E-state index in [0.717, 1.165) is 30.8 Å². The highest BCUT2D eigenvalue weighted by Gasteiger charge is 2.29.